The molecule has 3 N–H and O–H groups in total. The second kappa shape index (κ2) is 9.73. The maximum Gasteiger partial charge on any atom is 0.251 e. The van der Waals surface area contributed by atoms with Crippen LogP contribution in [0.25, 0.3) is 0 Å². The van der Waals surface area contributed by atoms with Gasteiger partial charge in [-0.3, -0.25) is 9.59 Å². The SMILES string of the molecule is Cc1ccc(NCC(=O)Nc2ccc(C(=O)NCCN(C)C)cc2)cc1C. The second-order valence-corrected chi connectivity index (χ2v) is 6.84. The van der Waals surface area contributed by atoms with E-state index < -0.39 is 0 Å². The van der Waals surface area contributed by atoms with Crippen molar-refractivity contribution in [2.45, 2.75) is 13.8 Å². The molecule has 2 amide bonds. The van der Waals surface area contributed by atoms with E-state index in [9.17, 15) is 9.59 Å². The highest BCUT2D eigenvalue weighted by atomic mass is 16.2. The first-order chi connectivity index (χ1) is 12.8. The van der Waals surface area contributed by atoms with Crippen LogP contribution in [-0.2, 0) is 4.79 Å². The molecule has 6 nitrogen and oxygen atoms in total. The number of likely N-dealkylation sites (N-methyl/N-ethyl adjacent to an activating group) is 1. The summed E-state index contributed by atoms with van der Waals surface area (Å²) in [5, 5.41) is 8.80. The molecular formula is C21H28N4O2. The summed E-state index contributed by atoms with van der Waals surface area (Å²) >= 11 is 0. The van der Waals surface area contributed by atoms with Crippen LogP contribution in [0.5, 0.6) is 0 Å². The molecule has 0 atom stereocenters. The lowest BCUT2D eigenvalue weighted by atomic mass is 10.1. The number of hydrogen-bond donors (Lipinski definition) is 3. The molecule has 0 unspecified atom stereocenters. The fraction of sp³-hybridized carbons (Fsp3) is 0.333. The second-order valence-electron chi connectivity index (χ2n) is 6.84. The van der Waals surface area contributed by atoms with E-state index in [0.29, 0.717) is 17.8 Å². The molecule has 0 spiro atoms. The van der Waals surface area contributed by atoms with Crippen molar-refractivity contribution in [3.63, 3.8) is 0 Å². The Balaban J connectivity index is 1.81. The fourth-order valence-corrected chi connectivity index (χ4v) is 2.44. The zero-order valence-electron chi connectivity index (χ0n) is 16.4. The van der Waals surface area contributed by atoms with E-state index in [-0.39, 0.29) is 18.4 Å². The summed E-state index contributed by atoms with van der Waals surface area (Å²) in [4.78, 5) is 26.2. The van der Waals surface area contributed by atoms with Crippen LogP contribution in [0.2, 0.25) is 0 Å². The Bertz CT molecular complexity index is 785. The standard InChI is InChI=1S/C21H28N4O2/c1-15-5-8-19(13-16(15)2)23-14-20(26)24-18-9-6-17(7-10-18)21(27)22-11-12-25(3)4/h5-10,13,23H,11-12,14H2,1-4H3,(H,22,27)(H,24,26). The maximum atomic E-state index is 12.1. The number of carbonyl (C=O) groups excluding carboxylic acids is 2. The summed E-state index contributed by atoms with van der Waals surface area (Å²) in [6.07, 6.45) is 0. The highest BCUT2D eigenvalue weighted by Gasteiger charge is 2.07. The quantitative estimate of drug-likeness (QED) is 0.670. The predicted octanol–water partition coefficient (Wildman–Crippen LogP) is 2.65. The molecule has 0 aliphatic carbocycles. The molecule has 0 heterocycles. The first kappa shape index (κ1) is 20.5. The zero-order valence-corrected chi connectivity index (χ0v) is 16.4. The number of hydrogen-bond acceptors (Lipinski definition) is 4. The number of nitrogens with one attached hydrogen (secondary N) is 3. The molecule has 0 saturated heterocycles. The minimum absolute atomic E-state index is 0.119. The summed E-state index contributed by atoms with van der Waals surface area (Å²) in [5.41, 5.74) is 4.54. The lowest BCUT2D eigenvalue weighted by Crippen LogP contribution is -2.31. The molecule has 0 fully saturated rings. The predicted molar refractivity (Wildman–Crippen MR) is 110 cm³/mol. The summed E-state index contributed by atoms with van der Waals surface area (Å²) in [5.74, 6) is -0.262. The van der Waals surface area contributed by atoms with E-state index in [1.165, 1.54) is 11.1 Å². The Kier molecular flexibility index (Phi) is 7.37. The molecule has 0 aromatic heterocycles. The lowest BCUT2D eigenvalue weighted by Gasteiger charge is -2.11. The zero-order chi connectivity index (χ0) is 19.8. The molecule has 27 heavy (non-hydrogen) atoms. The van der Waals surface area contributed by atoms with Gasteiger partial charge in [0.25, 0.3) is 5.91 Å². The Morgan fingerprint density at radius 1 is 0.926 bits per heavy atom. The average Bonchev–Trinajstić information content (AvgIpc) is 2.63. The summed E-state index contributed by atoms with van der Waals surface area (Å²) in [6, 6.07) is 12.9. The van der Waals surface area contributed by atoms with Crippen molar-refractivity contribution < 1.29 is 9.59 Å². The largest absolute Gasteiger partial charge is 0.376 e. The third-order valence-electron chi connectivity index (χ3n) is 4.24. The van der Waals surface area contributed by atoms with Crippen LogP contribution in [0.4, 0.5) is 11.4 Å². The molecular weight excluding hydrogens is 340 g/mol. The van der Waals surface area contributed by atoms with Gasteiger partial charge in [0.2, 0.25) is 5.91 Å². The van der Waals surface area contributed by atoms with E-state index in [4.69, 9.17) is 0 Å². The van der Waals surface area contributed by atoms with Gasteiger partial charge in [-0.25, -0.2) is 0 Å². The minimum atomic E-state index is -0.142. The number of rotatable bonds is 8. The van der Waals surface area contributed by atoms with E-state index in [0.717, 1.165) is 12.2 Å². The van der Waals surface area contributed by atoms with Crippen LogP contribution >= 0.6 is 0 Å². The van der Waals surface area contributed by atoms with E-state index >= 15 is 0 Å². The van der Waals surface area contributed by atoms with Gasteiger partial charge in [0.15, 0.2) is 0 Å². The summed E-state index contributed by atoms with van der Waals surface area (Å²) < 4.78 is 0. The average molecular weight is 368 g/mol. The van der Waals surface area contributed by atoms with Gasteiger partial charge in [-0.1, -0.05) is 6.07 Å². The van der Waals surface area contributed by atoms with Gasteiger partial charge in [-0.2, -0.15) is 0 Å². The van der Waals surface area contributed by atoms with Gasteiger partial charge in [-0.15, -0.1) is 0 Å². The monoisotopic (exact) mass is 368 g/mol. The molecule has 144 valence electrons. The van der Waals surface area contributed by atoms with Gasteiger partial charge in [0.05, 0.1) is 6.54 Å². The van der Waals surface area contributed by atoms with Gasteiger partial charge in [0.1, 0.15) is 0 Å². The molecule has 2 aromatic rings. The number of amides is 2. The molecule has 0 bridgehead atoms. The van der Waals surface area contributed by atoms with E-state index in [2.05, 4.69) is 22.9 Å². The Hall–Kier alpha value is -2.86. The van der Waals surface area contributed by atoms with E-state index in [1.54, 1.807) is 24.3 Å². The van der Waals surface area contributed by atoms with Crippen molar-refractivity contribution >= 4 is 23.2 Å². The topological polar surface area (TPSA) is 73.5 Å². The summed E-state index contributed by atoms with van der Waals surface area (Å²) in [7, 11) is 3.91. The molecule has 0 radical (unpaired) electrons. The number of carbonyl (C=O) groups is 2. The van der Waals surface area contributed by atoms with Gasteiger partial charge < -0.3 is 20.9 Å². The molecule has 0 saturated carbocycles. The van der Waals surface area contributed by atoms with Crippen molar-refractivity contribution in [3.05, 3.63) is 59.2 Å². The highest BCUT2D eigenvalue weighted by molar-refractivity contribution is 5.96. The highest BCUT2D eigenvalue weighted by Crippen LogP contribution is 2.14. The molecule has 6 heteroatoms. The number of nitrogens with zero attached hydrogens (tertiary/aromatic N) is 1. The maximum absolute atomic E-state index is 12.1. The fourth-order valence-electron chi connectivity index (χ4n) is 2.44. The van der Waals surface area contributed by atoms with Crippen LogP contribution in [0, 0.1) is 13.8 Å². The third kappa shape index (κ3) is 6.75. The molecule has 0 aliphatic rings. The number of benzene rings is 2. The van der Waals surface area contributed by atoms with Crippen LogP contribution in [0.3, 0.4) is 0 Å². The molecule has 0 aliphatic heterocycles. The number of anilines is 2. The van der Waals surface area contributed by atoms with Crippen LogP contribution in [0.15, 0.2) is 42.5 Å². The first-order valence-electron chi connectivity index (χ1n) is 8.99. The first-order valence-corrected chi connectivity index (χ1v) is 8.99. The van der Waals surface area contributed by atoms with Gasteiger partial charge in [-0.05, 0) is 75.5 Å². The van der Waals surface area contributed by atoms with Crippen LogP contribution in [-0.4, -0.2) is 50.4 Å². The smallest absolute Gasteiger partial charge is 0.251 e. The van der Waals surface area contributed by atoms with E-state index in [1.807, 2.05) is 44.1 Å². The van der Waals surface area contributed by atoms with Crippen molar-refractivity contribution in [3.8, 4) is 0 Å². The van der Waals surface area contributed by atoms with Crippen molar-refractivity contribution in [1.29, 1.82) is 0 Å². The third-order valence-corrected chi connectivity index (χ3v) is 4.24. The van der Waals surface area contributed by atoms with Crippen LogP contribution in [0.1, 0.15) is 21.5 Å². The molecule has 2 rings (SSSR count). The number of aryl methyl sites for hydroxylation is 2. The lowest BCUT2D eigenvalue weighted by molar-refractivity contribution is -0.114. The van der Waals surface area contributed by atoms with Crippen LogP contribution < -0.4 is 16.0 Å². The van der Waals surface area contributed by atoms with Crippen molar-refractivity contribution in [2.75, 3.05) is 44.4 Å². The Morgan fingerprint density at radius 2 is 1.59 bits per heavy atom. The minimum Gasteiger partial charge on any atom is -0.376 e. The van der Waals surface area contributed by atoms with Gasteiger partial charge in [0, 0.05) is 30.0 Å². The Labute approximate surface area is 161 Å². The van der Waals surface area contributed by atoms with Gasteiger partial charge >= 0.3 is 0 Å². The molecule has 2 aromatic carbocycles. The Morgan fingerprint density at radius 3 is 2.22 bits per heavy atom. The van der Waals surface area contributed by atoms with Crippen molar-refractivity contribution in [1.82, 2.24) is 10.2 Å². The normalized spacial score (nSPS) is 10.6. The summed E-state index contributed by atoms with van der Waals surface area (Å²) in [6.45, 7) is 5.65. The van der Waals surface area contributed by atoms with Crippen molar-refractivity contribution in [2.24, 2.45) is 0 Å².